The van der Waals surface area contributed by atoms with Gasteiger partial charge in [-0.3, -0.25) is 9.59 Å². The third-order valence-corrected chi connectivity index (χ3v) is 7.26. The number of amides is 2. The van der Waals surface area contributed by atoms with Gasteiger partial charge in [0.2, 0.25) is 11.8 Å². The van der Waals surface area contributed by atoms with Crippen LogP contribution in [0.3, 0.4) is 0 Å². The summed E-state index contributed by atoms with van der Waals surface area (Å²) in [7, 11) is 0. The average Bonchev–Trinajstić information content (AvgIpc) is 2.96. The normalized spacial score (nSPS) is 15.0. The minimum Gasteiger partial charge on any atom is -0.397 e. The van der Waals surface area contributed by atoms with E-state index >= 15 is 0 Å². The number of anilines is 3. The number of para-hydroxylation sites is 2. The summed E-state index contributed by atoms with van der Waals surface area (Å²) in [4.78, 5) is 28.0. The van der Waals surface area contributed by atoms with Crippen LogP contribution in [0.4, 0.5) is 30.2 Å². The van der Waals surface area contributed by atoms with Crippen molar-refractivity contribution in [1.29, 1.82) is 0 Å². The number of rotatable bonds is 10. The van der Waals surface area contributed by atoms with Crippen molar-refractivity contribution in [2.24, 2.45) is 0 Å². The van der Waals surface area contributed by atoms with E-state index in [4.69, 9.17) is 17.3 Å². The van der Waals surface area contributed by atoms with Crippen LogP contribution in [0.5, 0.6) is 0 Å². The molecule has 1 fully saturated rings. The zero-order valence-corrected chi connectivity index (χ0v) is 23.6. The van der Waals surface area contributed by atoms with Crippen LogP contribution < -0.4 is 21.7 Å². The number of piperidine rings is 1. The smallest absolute Gasteiger partial charge is 0.397 e. The average molecular weight is 600 g/mol. The number of hydrogen-bond acceptors (Lipinski definition) is 5. The molecule has 0 radical (unpaired) electrons. The van der Waals surface area contributed by atoms with Crippen LogP contribution in [0, 0.1) is 0 Å². The maximum absolute atomic E-state index is 13.4. The molecule has 1 aliphatic rings. The summed E-state index contributed by atoms with van der Waals surface area (Å²) in [5.74, 6) is -0.781. The first-order valence-electron chi connectivity index (χ1n) is 13.7. The molecule has 3 aromatic carbocycles. The molecule has 5 N–H and O–H groups in total. The Hall–Kier alpha value is -3.86. The summed E-state index contributed by atoms with van der Waals surface area (Å²) in [6.45, 7) is 3.32. The summed E-state index contributed by atoms with van der Waals surface area (Å²) in [6, 6.07) is 16.4. The number of carbonyl (C=O) groups excluding carboxylic acids is 2. The molecule has 0 aliphatic carbocycles. The Labute approximate surface area is 247 Å². The Bertz CT molecular complexity index is 1410. The summed E-state index contributed by atoms with van der Waals surface area (Å²) in [6.07, 6.45) is 1.93. The first-order valence-corrected chi connectivity index (χ1v) is 14.0. The summed E-state index contributed by atoms with van der Waals surface area (Å²) >= 11 is 5.85. The van der Waals surface area contributed by atoms with E-state index in [9.17, 15) is 22.8 Å². The van der Waals surface area contributed by atoms with Gasteiger partial charge in [-0.05, 0) is 73.5 Å². The molecule has 1 aliphatic heterocycles. The lowest BCUT2D eigenvalue weighted by atomic mass is 10.0. The topological polar surface area (TPSA) is 99.5 Å². The molecule has 1 unspecified atom stereocenters. The lowest BCUT2D eigenvalue weighted by Gasteiger charge is -2.27. The van der Waals surface area contributed by atoms with Crippen LogP contribution in [0.25, 0.3) is 6.08 Å². The molecule has 0 saturated carbocycles. The molecule has 1 atom stereocenters. The molecular formula is C31H33ClF3N5O2. The number of likely N-dealkylation sites (tertiary alicyclic amines) is 1. The second-order valence-electron chi connectivity index (χ2n) is 10.0. The van der Waals surface area contributed by atoms with Crippen molar-refractivity contribution in [3.8, 4) is 0 Å². The van der Waals surface area contributed by atoms with Gasteiger partial charge >= 0.3 is 6.18 Å². The summed E-state index contributed by atoms with van der Waals surface area (Å²) < 4.78 is 39.3. The van der Waals surface area contributed by atoms with Gasteiger partial charge in [0, 0.05) is 24.9 Å². The highest BCUT2D eigenvalue weighted by atomic mass is 35.5. The number of nitrogen functional groups attached to an aromatic ring is 1. The second kappa shape index (κ2) is 14.4. The molecule has 1 saturated heterocycles. The van der Waals surface area contributed by atoms with Gasteiger partial charge in [0.25, 0.3) is 0 Å². The van der Waals surface area contributed by atoms with Crippen molar-refractivity contribution in [3.63, 3.8) is 0 Å². The molecule has 7 nitrogen and oxygen atoms in total. The zero-order chi connectivity index (χ0) is 30.1. The number of carbonyl (C=O) groups is 2. The standard InChI is InChI=1S/C31H33ClF3N5O2/c32-25-20-23(13-14-24(25)31(33,34)35)38-30(42)29(37-16-19-40-17-4-1-5-18-40)22-11-8-21(9-12-22)10-15-28(41)39-27-7-3-2-6-26(27)36/h2-3,6-15,20,29,37H,1,4-5,16-19,36H2,(H,38,42)(H,39,41)/b15-10+. The van der Waals surface area contributed by atoms with Crippen LogP contribution >= 0.6 is 11.6 Å². The molecule has 11 heteroatoms. The maximum Gasteiger partial charge on any atom is 0.417 e. The van der Waals surface area contributed by atoms with Gasteiger partial charge in [-0.25, -0.2) is 0 Å². The van der Waals surface area contributed by atoms with Gasteiger partial charge in [0.15, 0.2) is 0 Å². The maximum atomic E-state index is 13.4. The Morgan fingerprint density at radius 3 is 2.36 bits per heavy atom. The Kier molecular flexibility index (Phi) is 10.6. The highest BCUT2D eigenvalue weighted by Gasteiger charge is 2.33. The van der Waals surface area contributed by atoms with Gasteiger partial charge in [-0.15, -0.1) is 0 Å². The number of nitrogens with zero attached hydrogens (tertiary/aromatic N) is 1. The number of hydrogen-bond donors (Lipinski definition) is 4. The van der Waals surface area contributed by atoms with Gasteiger partial charge in [0.1, 0.15) is 6.04 Å². The third-order valence-electron chi connectivity index (χ3n) is 6.95. The molecule has 0 spiro atoms. The van der Waals surface area contributed by atoms with E-state index in [1.807, 2.05) is 0 Å². The lowest BCUT2D eigenvalue weighted by Crippen LogP contribution is -2.40. The predicted molar refractivity (Wildman–Crippen MR) is 161 cm³/mol. The van der Waals surface area contributed by atoms with E-state index in [0.717, 1.165) is 50.2 Å². The molecule has 222 valence electrons. The summed E-state index contributed by atoms with van der Waals surface area (Å²) in [5.41, 5.74) is 7.42. The highest BCUT2D eigenvalue weighted by molar-refractivity contribution is 6.31. The molecule has 2 amide bonds. The van der Waals surface area contributed by atoms with Gasteiger partial charge < -0.3 is 26.6 Å². The zero-order valence-electron chi connectivity index (χ0n) is 22.9. The fraction of sp³-hybridized carbons (Fsp3) is 0.290. The Morgan fingerprint density at radius 2 is 1.69 bits per heavy atom. The van der Waals surface area contributed by atoms with Crippen molar-refractivity contribution in [3.05, 3.63) is 94.5 Å². The minimum atomic E-state index is -4.59. The van der Waals surface area contributed by atoms with Gasteiger partial charge in [-0.1, -0.05) is 54.4 Å². The van der Waals surface area contributed by atoms with E-state index < -0.39 is 28.7 Å². The van der Waals surface area contributed by atoms with Gasteiger partial charge in [0.05, 0.1) is 22.0 Å². The molecule has 0 bridgehead atoms. The predicted octanol–water partition coefficient (Wildman–Crippen LogP) is 6.35. The van der Waals surface area contributed by atoms with Crippen LogP contribution in [-0.2, 0) is 15.8 Å². The van der Waals surface area contributed by atoms with E-state index in [2.05, 4.69) is 20.9 Å². The van der Waals surface area contributed by atoms with E-state index in [-0.39, 0.29) is 11.6 Å². The van der Waals surface area contributed by atoms with E-state index in [1.54, 1.807) is 54.6 Å². The largest absolute Gasteiger partial charge is 0.417 e. The van der Waals surface area contributed by atoms with Crippen molar-refractivity contribution < 1.29 is 22.8 Å². The SMILES string of the molecule is Nc1ccccc1NC(=O)/C=C/c1ccc(C(NCCN2CCCCC2)C(=O)Nc2ccc(C(F)(F)F)c(Cl)c2)cc1. The van der Waals surface area contributed by atoms with Crippen LogP contribution in [0.1, 0.15) is 42.0 Å². The molecule has 4 rings (SSSR count). The van der Waals surface area contributed by atoms with Crippen LogP contribution in [0.2, 0.25) is 5.02 Å². The van der Waals surface area contributed by atoms with Crippen molar-refractivity contribution in [1.82, 2.24) is 10.2 Å². The van der Waals surface area contributed by atoms with Crippen LogP contribution in [0.15, 0.2) is 72.8 Å². The number of alkyl halides is 3. The molecule has 42 heavy (non-hydrogen) atoms. The number of nitrogens with two attached hydrogens (primary N) is 1. The molecule has 3 aromatic rings. The number of nitrogens with one attached hydrogen (secondary N) is 3. The van der Waals surface area contributed by atoms with Crippen LogP contribution in [-0.4, -0.2) is 42.9 Å². The van der Waals surface area contributed by atoms with Crippen molar-refractivity contribution in [2.75, 3.05) is 42.5 Å². The quantitative estimate of drug-likeness (QED) is 0.161. The molecule has 1 heterocycles. The van der Waals surface area contributed by atoms with Gasteiger partial charge in [-0.2, -0.15) is 13.2 Å². The second-order valence-corrected chi connectivity index (χ2v) is 10.5. The molecule has 0 aromatic heterocycles. The monoisotopic (exact) mass is 599 g/mol. The van der Waals surface area contributed by atoms with E-state index in [1.165, 1.54) is 18.6 Å². The third kappa shape index (κ3) is 8.82. The Morgan fingerprint density at radius 1 is 0.976 bits per heavy atom. The first kappa shape index (κ1) is 31.1. The van der Waals surface area contributed by atoms with Crippen molar-refractivity contribution >= 4 is 46.6 Å². The van der Waals surface area contributed by atoms with E-state index in [0.29, 0.717) is 23.5 Å². The summed E-state index contributed by atoms with van der Waals surface area (Å²) in [5, 5.41) is 8.21. The number of benzene rings is 3. The van der Waals surface area contributed by atoms with Crippen molar-refractivity contribution in [2.45, 2.75) is 31.5 Å². The fourth-order valence-electron chi connectivity index (χ4n) is 4.71. The fourth-order valence-corrected chi connectivity index (χ4v) is 4.99. The Balaban J connectivity index is 1.45. The lowest BCUT2D eigenvalue weighted by molar-refractivity contribution is -0.137. The highest BCUT2D eigenvalue weighted by Crippen LogP contribution is 2.36. The number of halogens is 4. The first-order chi connectivity index (χ1) is 20.1. The minimum absolute atomic E-state index is 0.158. The molecular weight excluding hydrogens is 567 g/mol.